The molecule has 12 heavy (non-hydrogen) atoms. The Bertz CT molecular complexity index is 180. The molecule has 0 atom stereocenters. The molecule has 1 heterocycles. The van der Waals surface area contributed by atoms with Gasteiger partial charge in [0.1, 0.15) is 0 Å². The normalized spacial score (nSPS) is 7.42. The van der Waals surface area contributed by atoms with Crippen molar-refractivity contribution in [1.29, 1.82) is 0 Å². The van der Waals surface area contributed by atoms with E-state index in [0.29, 0.717) is 5.01 Å². The number of rotatable bonds is 2. The van der Waals surface area contributed by atoms with Crippen LogP contribution < -0.4 is 5.84 Å². The first-order valence-corrected chi connectivity index (χ1v) is 3.10. The SMILES string of the molecule is NN(C=O)C=O.c1ccncc1. The lowest BCUT2D eigenvalue weighted by Crippen LogP contribution is -2.26. The van der Waals surface area contributed by atoms with E-state index in [0.717, 1.165) is 0 Å². The van der Waals surface area contributed by atoms with Crippen molar-refractivity contribution < 1.29 is 9.59 Å². The molecule has 0 aromatic carbocycles. The summed E-state index contributed by atoms with van der Waals surface area (Å²) in [6.45, 7) is 0. The van der Waals surface area contributed by atoms with Crippen LogP contribution >= 0.6 is 0 Å². The van der Waals surface area contributed by atoms with Crippen LogP contribution in [0.15, 0.2) is 30.6 Å². The van der Waals surface area contributed by atoms with Crippen molar-refractivity contribution >= 4 is 12.8 Å². The van der Waals surface area contributed by atoms with Crippen LogP contribution in [0.1, 0.15) is 0 Å². The van der Waals surface area contributed by atoms with Crippen molar-refractivity contribution in [3.63, 3.8) is 0 Å². The Morgan fingerprint density at radius 3 is 1.67 bits per heavy atom. The fourth-order valence-electron chi connectivity index (χ4n) is 0.337. The molecule has 0 bridgehead atoms. The number of hydrazine groups is 1. The Morgan fingerprint density at radius 1 is 1.08 bits per heavy atom. The Hall–Kier alpha value is -1.75. The predicted molar refractivity (Wildman–Crippen MR) is 42.4 cm³/mol. The van der Waals surface area contributed by atoms with E-state index in [2.05, 4.69) is 10.8 Å². The largest absolute Gasteiger partial charge is 0.277 e. The van der Waals surface area contributed by atoms with Gasteiger partial charge in [-0.1, -0.05) is 6.07 Å². The molecule has 0 spiro atoms. The number of pyridine rings is 1. The van der Waals surface area contributed by atoms with Crippen LogP contribution in [0.25, 0.3) is 0 Å². The second-order valence-corrected chi connectivity index (χ2v) is 1.68. The second kappa shape index (κ2) is 7.36. The van der Waals surface area contributed by atoms with Crippen LogP contribution in [0.4, 0.5) is 0 Å². The number of aromatic nitrogens is 1. The van der Waals surface area contributed by atoms with Gasteiger partial charge in [0, 0.05) is 12.4 Å². The third kappa shape index (κ3) is 6.37. The number of hydrogen-bond donors (Lipinski definition) is 1. The maximum absolute atomic E-state index is 9.31. The summed E-state index contributed by atoms with van der Waals surface area (Å²) in [7, 11) is 0. The molecular formula is C7H9N3O2. The van der Waals surface area contributed by atoms with Crippen LogP contribution in [0.5, 0.6) is 0 Å². The molecule has 0 aliphatic carbocycles. The maximum atomic E-state index is 9.31. The van der Waals surface area contributed by atoms with Gasteiger partial charge >= 0.3 is 0 Å². The highest BCUT2D eigenvalue weighted by Gasteiger charge is 1.79. The monoisotopic (exact) mass is 167 g/mol. The summed E-state index contributed by atoms with van der Waals surface area (Å²) in [5.74, 6) is 4.57. The van der Waals surface area contributed by atoms with Gasteiger partial charge in [0.15, 0.2) is 0 Å². The number of hydrogen-bond acceptors (Lipinski definition) is 4. The van der Waals surface area contributed by atoms with Crippen molar-refractivity contribution in [3.05, 3.63) is 30.6 Å². The van der Waals surface area contributed by atoms with E-state index < -0.39 is 0 Å². The van der Waals surface area contributed by atoms with Gasteiger partial charge in [0.05, 0.1) is 0 Å². The summed E-state index contributed by atoms with van der Waals surface area (Å²) >= 11 is 0. The van der Waals surface area contributed by atoms with Crippen LogP contribution in [0, 0.1) is 0 Å². The van der Waals surface area contributed by atoms with Crippen LogP contribution in [-0.4, -0.2) is 22.8 Å². The quantitative estimate of drug-likeness (QED) is 0.280. The van der Waals surface area contributed by atoms with Gasteiger partial charge in [-0.05, 0) is 12.1 Å². The number of imide groups is 1. The van der Waals surface area contributed by atoms with Crippen LogP contribution in [0.2, 0.25) is 0 Å². The molecule has 0 saturated heterocycles. The number of nitrogens with two attached hydrogens (primary N) is 1. The first-order valence-electron chi connectivity index (χ1n) is 3.10. The number of carbonyl (C=O) groups is 2. The Balaban J connectivity index is 0.000000202. The van der Waals surface area contributed by atoms with Gasteiger partial charge in [0.2, 0.25) is 12.8 Å². The summed E-state index contributed by atoms with van der Waals surface area (Å²) in [4.78, 5) is 22.4. The van der Waals surface area contributed by atoms with Crippen LogP contribution in [0.3, 0.4) is 0 Å². The molecule has 1 aromatic heterocycles. The van der Waals surface area contributed by atoms with Gasteiger partial charge in [-0.15, -0.1) is 0 Å². The third-order valence-corrected chi connectivity index (χ3v) is 0.810. The highest BCUT2D eigenvalue weighted by molar-refractivity contribution is 5.66. The van der Waals surface area contributed by atoms with E-state index in [-0.39, 0.29) is 12.8 Å². The summed E-state index contributed by atoms with van der Waals surface area (Å²) in [5, 5.41) is 0.389. The van der Waals surface area contributed by atoms with Crippen molar-refractivity contribution in [1.82, 2.24) is 9.99 Å². The van der Waals surface area contributed by atoms with Gasteiger partial charge in [0.25, 0.3) is 0 Å². The molecule has 64 valence electrons. The molecule has 1 aromatic rings. The number of nitrogens with zero attached hydrogens (tertiary/aromatic N) is 2. The maximum Gasteiger partial charge on any atom is 0.230 e. The molecule has 5 nitrogen and oxygen atoms in total. The minimum atomic E-state index is 0.215. The fraction of sp³-hybridized carbons (Fsp3) is 0. The van der Waals surface area contributed by atoms with E-state index in [1.165, 1.54) is 0 Å². The first kappa shape index (κ1) is 10.2. The second-order valence-electron chi connectivity index (χ2n) is 1.68. The summed E-state index contributed by atoms with van der Waals surface area (Å²) < 4.78 is 0. The van der Waals surface area contributed by atoms with E-state index >= 15 is 0 Å². The van der Waals surface area contributed by atoms with Gasteiger partial charge in [-0.2, -0.15) is 0 Å². The lowest BCUT2D eigenvalue weighted by molar-refractivity contribution is -0.129. The van der Waals surface area contributed by atoms with E-state index in [1.54, 1.807) is 12.4 Å². The summed E-state index contributed by atoms with van der Waals surface area (Å²) in [6.07, 6.45) is 3.93. The Morgan fingerprint density at radius 2 is 1.58 bits per heavy atom. The predicted octanol–water partition coefficient (Wildman–Crippen LogP) is -0.444. The van der Waals surface area contributed by atoms with Crippen LogP contribution in [-0.2, 0) is 9.59 Å². The summed E-state index contributed by atoms with van der Waals surface area (Å²) in [5.41, 5.74) is 0. The number of carbonyl (C=O) groups excluding carboxylic acids is 2. The lowest BCUT2D eigenvalue weighted by Gasteiger charge is -1.91. The molecule has 2 amide bonds. The molecular weight excluding hydrogens is 158 g/mol. The van der Waals surface area contributed by atoms with E-state index in [4.69, 9.17) is 0 Å². The molecule has 0 radical (unpaired) electrons. The molecule has 1 rings (SSSR count). The van der Waals surface area contributed by atoms with Gasteiger partial charge < -0.3 is 0 Å². The highest BCUT2D eigenvalue weighted by Crippen LogP contribution is 1.73. The molecule has 0 unspecified atom stereocenters. The zero-order valence-electron chi connectivity index (χ0n) is 6.33. The standard InChI is InChI=1S/C5H5N.C2H4N2O2/c1-2-4-6-5-3-1;3-4(1-5)2-6/h1-5H;1-2H,3H2. The zero-order chi connectivity index (χ0) is 9.23. The fourth-order valence-corrected chi connectivity index (χ4v) is 0.337. The molecule has 2 N–H and O–H groups in total. The topological polar surface area (TPSA) is 76.3 Å². The molecule has 0 saturated carbocycles. The average molecular weight is 167 g/mol. The molecule has 0 aliphatic rings. The third-order valence-electron chi connectivity index (χ3n) is 0.810. The Kier molecular flexibility index (Phi) is 6.29. The van der Waals surface area contributed by atoms with Crippen molar-refractivity contribution in [3.8, 4) is 0 Å². The molecule has 0 aliphatic heterocycles. The Labute approximate surface area is 69.8 Å². The van der Waals surface area contributed by atoms with E-state index in [9.17, 15) is 9.59 Å². The average Bonchev–Trinajstić information content (AvgIpc) is 2.20. The van der Waals surface area contributed by atoms with Gasteiger partial charge in [-0.25, -0.2) is 10.9 Å². The van der Waals surface area contributed by atoms with E-state index in [1.807, 2.05) is 18.2 Å². The zero-order valence-corrected chi connectivity index (χ0v) is 6.33. The molecule has 0 fully saturated rings. The number of amides is 2. The minimum Gasteiger partial charge on any atom is -0.277 e. The van der Waals surface area contributed by atoms with Crippen molar-refractivity contribution in [2.24, 2.45) is 5.84 Å². The van der Waals surface area contributed by atoms with Crippen molar-refractivity contribution in [2.75, 3.05) is 0 Å². The highest BCUT2D eigenvalue weighted by atomic mass is 16.2. The van der Waals surface area contributed by atoms with Gasteiger partial charge in [-0.3, -0.25) is 14.6 Å². The first-order chi connectivity index (χ1) is 5.81. The lowest BCUT2D eigenvalue weighted by atomic mass is 10.5. The molecule has 5 heteroatoms. The smallest absolute Gasteiger partial charge is 0.230 e. The minimum absolute atomic E-state index is 0.215. The van der Waals surface area contributed by atoms with Crippen molar-refractivity contribution in [2.45, 2.75) is 0 Å². The summed E-state index contributed by atoms with van der Waals surface area (Å²) in [6, 6.07) is 5.72.